The van der Waals surface area contributed by atoms with E-state index in [1.54, 1.807) is 0 Å². The molecule has 0 heterocycles. The van der Waals surface area contributed by atoms with Gasteiger partial charge in [-0.1, -0.05) is 12.2 Å². The zero-order chi connectivity index (χ0) is 7.19. The number of hydrogen-bond acceptors (Lipinski definition) is 1. The topological polar surface area (TPSA) is 17.1 Å². The molecule has 0 spiro atoms. The number of allylic oxidation sites excluding steroid dienone is 2. The molecule has 0 aliphatic heterocycles. The van der Waals surface area contributed by atoms with Gasteiger partial charge in [0.2, 0.25) is 0 Å². The lowest BCUT2D eigenvalue weighted by molar-refractivity contribution is -0.119. The second kappa shape index (κ2) is 1.68. The average molecular weight is 140 g/mol. The summed E-state index contributed by atoms with van der Waals surface area (Å²) in [7, 11) is 0. The minimum Gasteiger partial charge on any atom is -0.300 e. The van der Waals surface area contributed by atoms with Crippen molar-refractivity contribution in [3.05, 3.63) is 12.2 Å². The summed E-state index contributed by atoms with van der Waals surface area (Å²) in [5.74, 6) is 0.218. The van der Waals surface area contributed by atoms with E-state index in [-0.39, 0.29) is 5.92 Å². The van der Waals surface area contributed by atoms with Gasteiger partial charge in [-0.05, 0) is 18.8 Å². The zero-order valence-electron chi connectivity index (χ0n) is 5.59. The number of halogens is 1. The maximum Gasteiger partial charge on any atom is 0.172 e. The maximum absolute atomic E-state index is 13.3. The molecule has 2 bridgehead atoms. The molecule has 3 atom stereocenters. The van der Waals surface area contributed by atoms with Crippen LogP contribution < -0.4 is 0 Å². The predicted molar refractivity (Wildman–Crippen MR) is 35.3 cm³/mol. The molecular weight excluding hydrogens is 131 g/mol. The highest BCUT2D eigenvalue weighted by Crippen LogP contribution is 2.47. The van der Waals surface area contributed by atoms with E-state index in [9.17, 15) is 9.18 Å². The number of fused-ring (bicyclic) bond motifs is 2. The first kappa shape index (κ1) is 6.08. The number of hydrogen-bond donors (Lipinski definition) is 0. The highest BCUT2D eigenvalue weighted by atomic mass is 19.1. The van der Waals surface area contributed by atoms with Crippen LogP contribution in [0.4, 0.5) is 4.39 Å². The second-order valence-electron chi connectivity index (χ2n) is 3.24. The first-order valence-electron chi connectivity index (χ1n) is 3.58. The van der Waals surface area contributed by atoms with Gasteiger partial charge in [-0.15, -0.1) is 0 Å². The van der Waals surface area contributed by atoms with Crippen molar-refractivity contribution in [1.82, 2.24) is 0 Å². The van der Waals surface area contributed by atoms with Crippen LogP contribution >= 0.6 is 0 Å². The predicted octanol–water partition coefficient (Wildman–Crippen LogP) is 1.49. The summed E-state index contributed by atoms with van der Waals surface area (Å²) >= 11 is 0. The Hall–Kier alpha value is -0.660. The highest BCUT2D eigenvalue weighted by molar-refractivity contribution is 5.65. The van der Waals surface area contributed by atoms with Crippen molar-refractivity contribution in [3.8, 4) is 0 Å². The van der Waals surface area contributed by atoms with Gasteiger partial charge in [-0.25, -0.2) is 4.39 Å². The molecule has 1 nitrogen and oxygen atoms in total. The molecule has 0 aromatic heterocycles. The van der Waals surface area contributed by atoms with Crippen molar-refractivity contribution in [3.63, 3.8) is 0 Å². The van der Waals surface area contributed by atoms with E-state index in [2.05, 4.69) is 0 Å². The normalized spacial score (nSPS) is 50.1. The largest absolute Gasteiger partial charge is 0.300 e. The Balaban J connectivity index is 2.30. The summed E-state index contributed by atoms with van der Waals surface area (Å²) < 4.78 is 13.3. The standard InChI is InChI=1S/C8H9FO/c9-8(5-10)4-6-1-2-7(8)3-6/h1-2,5-7H,3-4H2. The van der Waals surface area contributed by atoms with Crippen molar-refractivity contribution in [1.29, 1.82) is 0 Å². The third-order valence-corrected chi connectivity index (χ3v) is 2.56. The summed E-state index contributed by atoms with van der Waals surface area (Å²) in [6.45, 7) is 0. The summed E-state index contributed by atoms with van der Waals surface area (Å²) in [5.41, 5.74) is -1.51. The molecule has 0 radical (unpaired) electrons. The van der Waals surface area contributed by atoms with E-state index < -0.39 is 5.67 Å². The molecular formula is C8H9FO. The Bertz CT molecular complexity index is 199. The van der Waals surface area contributed by atoms with E-state index in [1.165, 1.54) is 0 Å². The van der Waals surface area contributed by atoms with Crippen molar-refractivity contribution in [2.45, 2.75) is 18.5 Å². The van der Waals surface area contributed by atoms with Crippen LogP contribution in [0.3, 0.4) is 0 Å². The van der Waals surface area contributed by atoms with Gasteiger partial charge >= 0.3 is 0 Å². The minimum atomic E-state index is -1.51. The summed E-state index contributed by atoms with van der Waals surface area (Å²) in [6.07, 6.45) is 5.59. The Morgan fingerprint density at radius 1 is 1.60 bits per heavy atom. The van der Waals surface area contributed by atoms with Gasteiger partial charge in [-0.2, -0.15) is 0 Å². The van der Waals surface area contributed by atoms with Gasteiger partial charge < -0.3 is 0 Å². The molecule has 2 heteroatoms. The molecule has 10 heavy (non-hydrogen) atoms. The summed E-state index contributed by atoms with van der Waals surface area (Å²) in [5, 5.41) is 0. The fourth-order valence-corrected chi connectivity index (χ4v) is 1.97. The molecule has 0 amide bonds. The van der Waals surface area contributed by atoms with Crippen LogP contribution in [0, 0.1) is 11.8 Å². The number of carbonyl (C=O) groups excluding carboxylic acids is 1. The van der Waals surface area contributed by atoms with E-state index in [0.717, 1.165) is 6.42 Å². The molecule has 54 valence electrons. The lowest BCUT2D eigenvalue weighted by atomic mass is 9.92. The third kappa shape index (κ3) is 0.591. The van der Waals surface area contributed by atoms with E-state index >= 15 is 0 Å². The molecule has 1 saturated carbocycles. The van der Waals surface area contributed by atoms with Crippen molar-refractivity contribution in [2.75, 3.05) is 0 Å². The van der Waals surface area contributed by atoms with Crippen LogP contribution in [0.2, 0.25) is 0 Å². The highest BCUT2D eigenvalue weighted by Gasteiger charge is 2.48. The van der Waals surface area contributed by atoms with Crippen LogP contribution in [0.1, 0.15) is 12.8 Å². The van der Waals surface area contributed by atoms with Crippen LogP contribution in [0.25, 0.3) is 0 Å². The lowest BCUT2D eigenvalue weighted by Crippen LogP contribution is -2.29. The molecule has 0 N–H and O–H groups in total. The maximum atomic E-state index is 13.3. The van der Waals surface area contributed by atoms with Crippen molar-refractivity contribution >= 4 is 6.29 Å². The lowest BCUT2D eigenvalue weighted by Gasteiger charge is -2.19. The monoisotopic (exact) mass is 140 g/mol. The van der Waals surface area contributed by atoms with Gasteiger partial charge in [0.25, 0.3) is 0 Å². The van der Waals surface area contributed by atoms with Crippen LogP contribution in [0.5, 0.6) is 0 Å². The number of alkyl halides is 1. The average Bonchev–Trinajstić information content (AvgIpc) is 2.46. The van der Waals surface area contributed by atoms with Gasteiger partial charge in [0.15, 0.2) is 12.0 Å². The molecule has 0 saturated heterocycles. The fourth-order valence-electron chi connectivity index (χ4n) is 1.97. The quantitative estimate of drug-likeness (QED) is 0.398. The van der Waals surface area contributed by atoms with Gasteiger partial charge in [0, 0.05) is 5.92 Å². The molecule has 2 rings (SSSR count). The Morgan fingerprint density at radius 2 is 2.40 bits per heavy atom. The first-order chi connectivity index (χ1) is 4.74. The molecule has 0 aromatic carbocycles. The van der Waals surface area contributed by atoms with Crippen molar-refractivity contribution in [2.24, 2.45) is 11.8 Å². The SMILES string of the molecule is O=CC1(F)CC2C=CC1C2. The van der Waals surface area contributed by atoms with Gasteiger partial charge in [-0.3, -0.25) is 4.79 Å². The number of rotatable bonds is 1. The fraction of sp³-hybridized carbons (Fsp3) is 0.625. The Labute approximate surface area is 58.9 Å². The van der Waals surface area contributed by atoms with Crippen LogP contribution in [-0.2, 0) is 4.79 Å². The number of carbonyl (C=O) groups is 1. The first-order valence-corrected chi connectivity index (χ1v) is 3.58. The molecule has 2 aliphatic carbocycles. The zero-order valence-corrected chi connectivity index (χ0v) is 5.59. The third-order valence-electron chi connectivity index (χ3n) is 2.56. The van der Waals surface area contributed by atoms with E-state index in [1.807, 2.05) is 12.2 Å². The van der Waals surface area contributed by atoms with E-state index in [0.29, 0.717) is 18.6 Å². The minimum absolute atomic E-state index is 0.116. The van der Waals surface area contributed by atoms with Crippen molar-refractivity contribution < 1.29 is 9.18 Å². The molecule has 0 aromatic rings. The van der Waals surface area contributed by atoms with Crippen LogP contribution in [0.15, 0.2) is 12.2 Å². The van der Waals surface area contributed by atoms with E-state index in [4.69, 9.17) is 0 Å². The molecule has 2 aliphatic rings. The Morgan fingerprint density at radius 3 is 2.70 bits per heavy atom. The smallest absolute Gasteiger partial charge is 0.172 e. The Kier molecular flexibility index (Phi) is 1.02. The molecule has 3 unspecified atom stereocenters. The number of aldehydes is 1. The molecule has 1 fully saturated rings. The van der Waals surface area contributed by atoms with Crippen LogP contribution in [-0.4, -0.2) is 12.0 Å². The summed E-state index contributed by atoms with van der Waals surface area (Å²) in [6, 6.07) is 0. The summed E-state index contributed by atoms with van der Waals surface area (Å²) in [4.78, 5) is 10.3. The van der Waals surface area contributed by atoms with Gasteiger partial charge in [0.1, 0.15) is 0 Å². The van der Waals surface area contributed by atoms with Gasteiger partial charge in [0.05, 0.1) is 0 Å². The second-order valence-corrected chi connectivity index (χ2v) is 3.24.